The van der Waals surface area contributed by atoms with Crippen molar-refractivity contribution in [2.75, 3.05) is 0 Å². The number of ether oxygens (including phenoxy) is 1. The van der Waals surface area contributed by atoms with Crippen molar-refractivity contribution in [1.29, 1.82) is 0 Å². The molecule has 1 saturated heterocycles. The molecule has 0 N–H and O–H groups in total. The van der Waals surface area contributed by atoms with Crippen LogP contribution < -0.4 is 0 Å². The van der Waals surface area contributed by atoms with Crippen LogP contribution in [0.15, 0.2) is 12.2 Å². The van der Waals surface area contributed by atoms with E-state index in [1.165, 1.54) is 0 Å². The van der Waals surface area contributed by atoms with Crippen LogP contribution in [0.5, 0.6) is 0 Å². The molecular weight excluding hydrogens is 100 g/mol. The predicted octanol–water partition coefficient (Wildman–Crippen LogP) is 1.74. The normalized spacial score (nSPS) is 36.2. The molecule has 2 atom stereocenters. The largest absolute Gasteiger partial charge is 0.370 e. The zero-order valence-corrected chi connectivity index (χ0v) is 5.42. The molecule has 0 radical (unpaired) electrons. The van der Waals surface area contributed by atoms with Gasteiger partial charge in [0.15, 0.2) is 0 Å². The van der Waals surface area contributed by atoms with Crippen molar-refractivity contribution in [3.05, 3.63) is 12.2 Å². The van der Waals surface area contributed by atoms with Gasteiger partial charge in [-0.2, -0.15) is 0 Å². The summed E-state index contributed by atoms with van der Waals surface area (Å²) in [4.78, 5) is 0. The monoisotopic (exact) mass is 112 g/mol. The number of allylic oxidation sites excluding steroid dienone is 1. The van der Waals surface area contributed by atoms with Gasteiger partial charge in [-0.3, -0.25) is 0 Å². The molecule has 0 bridgehead atoms. The second-order valence-electron chi connectivity index (χ2n) is 2.18. The van der Waals surface area contributed by atoms with Gasteiger partial charge in [-0.25, -0.2) is 0 Å². The molecule has 1 aliphatic heterocycles. The first kappa shape index (κ1) is 5.83. The van der Waals surface area contributed by atoms with Crippen molar-refractivity contribution < 1.29 is 4.74 Å². The molecule has 0 aliphatic carbocycles. The van der Waals surface area contributed by atoms with Crippen LogP contribution in [0.25, 0.3) is 0 Å². The van der Waals surface area contributed by atoms with E-state index >= 15 is 0 Å². The van der Waals surface area contributed by atoms with Crippen LogP contribution in [0.4, 0.5) is 0 Å². The van der Waals surface area contributed by atoms with Crippen LogP contribution in [0, 0.1) is 0 Å². The Hall–Kier alpha value is -0.300. The summed E-state index contributed by atoms with van der Waals surface area (Å²) < 4.78 is 5.17. The lowest BCUT2D eigenvalue weighted by molar-refractivity contribution is 0.380. The molecule has 0 aromatic heterocycles. The molecule has 1 heteroatoms. The van der Waals surface area contributed by atoms with Gasteiger partial charge >= 0.3 is 0 Å². The first-order chi connectivity index (χ1) is 3.84. The lowest BCUT2D eigenvalue weighted by atomic mass is 10.2. The van der Waals surface area contributed by atoms with Crippen LogP contribution >= 0.6 is 0 Å². The number of hydrogen-bond acceptors (Lipinski definition) is 1. The second-order valence-corrected chi connectivity index (χ2v) is 2.18. The van der Waals surface area contributed by atoms with E-state index < -0.39 is 0 Å². The highest BCUT2D eigenvalue weighted by Gasteiger charge is 2.32. The third-order valence-electron chi connectivity index (χ3n) is 1.44. The third kappa shape index (κ3) is 1.34. The molecule has 2 unspecified atom stereocenters. The topological polar surface area (TPSA) is 12.5 Å². The molecule has 1 heterocycles. The second kappa shape index (κ2) is 2.31. The van der Waals surface area contributed by atoms with Crippen LogP contribution in [0.1, 0.15) is 20.3 Å². The standard InChI is InChI=1S/C7H12O/c1-3-4-5-7-6(2)8-7/h3-4,6-7H,5H2,1-2H3. The summed E-state index contributed by atoms with van der Waals surface area (Å²) in [5, 5.41) is 0. The summed E-state index contributed by atoms with van der Waals surface area (Å²) in [5.41, 5.74) is 0. The Morgan fingerprint density at radius 3 is 2.62 bits per heavy atom. The summed E-state index contributed by atoms with van der Waals surface area (Å²) in [6, 6.07) is 0. The highest BCUT2D eigenvalue weighted by molar-refractivity contribution is 4.89. The smallest absolute Gasteiger partial charge is 0.0873 e. The predicted molar refractivity (Wildman–Crippen MR) is 33.8 cm³/mol. The minimum absolute atomic E-state index is 0.520. The molecule has 0 saturated carbocycles. The molecule has 1 rings (SSSR count). The molecule has 0 aromatic rings. The minimum Gasteiger partial charge on any atom is -0.370 e. The zero-order chi connectivity index (χ0) is 5.98. The van der Waals surface area contributed by atoms with Crippen LogP contribution in [0.3, 0.4) is 0 Å². The maximum absolute atomic E-state index is 5.17. The summed E-state index contributed by atoms with van der Waals surface area (Å²) >= 11 is 0. The Bertz CT molecular complexity index is 96.6. The van der Waals surface area contributed by atoms with Gasteiger partial charge in [-0.1, -0.05) is 12.2 Å². The van der Waals surface area contributed by atoms with Gasteiger partial charge in [0.05, 0.1) is 12.2 Å². The molecule has 1 aliphatic rings. The third-order valence-corrected chi connectivity index (χ3v) is 1.44. The van der Waals surface area contributed by atoms with Crippen molar-refractivity contribution in [2.45, 2.75) is 32.5 Å². The molecule has 0 amide bonds. The van der Waals surface area contributed by atoms with E-state index in [4.69, 9.17) is 4.74 Å². The van der Waals surface area contributed by atoms with E-state index in [0.29, 0.717) is 12.2 Å². The molecule has 46 valence electrons. The first-order valence-corrected chi connectivity index (χ1v) is 3.11. The fourth-order valence-corrected chi connectivity index (χ4v) is 0.748. The maximum atomic E-state index is 5.17. The first-order valence-electron chi connectivity index (χ1n) is 3.11. The zero-order valence-electron chi connectivity index (χ0n) is 5.42. The van der Waals surface area contributed by atoms with Gasteiger partial charge in [0.2, 0.25) is 0 Å². The van der Waals surface area contributed by atoms with Crippen molar-refractivity contribution in [2.24, 2.45) is 0 Å². The fourth-order valence-electron chi connectivity index (χ4n) is 0.748. The quantitative estimate of drug-likeness (QED) is 0.391. The summed E-state index contributed by atoms with van der Waals surface area (Å²) in [5.74, 6) is 0. The van der Waals surface area contributed by atoms with E-state index in [-0.39, 0.29) is 0 Å². The van der Waals surface area contributed by atoms with Gasteiger partial charge in [0.25, 0.3) is 0 Å². The van der Waals surface area contributed by atoms with Gasteiger partial charge in [-0.15, -0.1) is 0 Å². The number of rotatable bonds is 2. The lowest BCUT2D eigenvalue weighted by Gasteiger charge is -1.78. The van der Waals surface area contributed by atoms with E-state index in [9.17, 15) is 0 Å². The van der Waals surface area contributed by atoms with Crippen molar-refractivity contribution in [1.82, 2.24) is 0 Å². The Balaban J connectivity index is 2.05. The number of epoxide rings is 1. The van der Waals surface area contributed by atoms with Crippen molar-refractivity contribution >= 4 is 0 Å². The molecular formula is C7H12O. The molecule has 0 aromatic carbocycles. The van der Waals surface area contributed by atoms with E-state index in [1.54, 1.807) is 0 Å². The molecule has 0 spiro atoms. The molecule has 8 heavy (non-hydrogen) atoms. The van der Waals surface area contributed by atoms with Crippen molar-refractivity contribution in [3.8, 4) is 0 Å². The summed E-state index contributed by atoms with van der Waals surface area (Å²) in [7, 11) is 0. The summed E-state index contributed by atoms with van der Waals surface area (Å²) in [6.45, 7) is 4.14. The Labute approximate surface area is 50.3 Å². The molecule has 1 fully saturated rings. The van der Waals surface area contributed by atoms with Crippen molar-refractivity contribution in [3.63, 3.8) is 0 Å². The summed E-state index contributed by atoms with van der Waals surface area (Å²) in [6.07, 6.45) is 6.36. The Morgan fingerprint density at radius 2 is 2.25 bits per heavy atom. The number of hydrogen-bond donors (Lipinski definition) is 0. The van der Waals surface area contributed by atoms with Crippen LogP contribution in [0.2, 0.25) is 0 Å². The molecule has 1 nitrogen and oxygen atoms in total. The Kier molecular flexibility index (Phi) is 1.69. The lowest BCUT2D eigenvalue weighted by Crippen LogP contribution is -1.83. The highest BCUT2D eigenvalue weighted by Crippen LogP contribution is 2.24. The van der Waals surface area contributed by atoms with E-state index in [0.717, 1.165) is 6.42 Å². The average Bonchev–Trinajstić information content (AvgIpc) is 2.42. The van der Waals surface area contributed by atoms with E-state index in [2.05, 4.69) is 19.1 Å². The maximum Gasteiger partial charge on any atom is 0.0873 e. The van der Waals surface area contributed by atoms with Crippen LogP contribution in [-0.4, -0.2) is 12.2 Å². The van der Waals surface area contributed by atoms with Gasteiger partial charge in [-0.05, 0) is 20.3 Å². The van der Waals surface area contributed by atoms with E-state index in [1.807, 2.05) is 6.92 Å². The minimum atomic E-state index is 0.520. The van der Waals surface area contributed by atoms with Crippen LogP contribution in [-0.2, 0) is 4.74 Å². The van der Waals surface area contributed by atoms with Gasteiger partial charge in [0.1, 0.15) is 0 Å². The highest BCUT2D eigenvalue weighted by atomic mass is 16.6. The average molecular weight is 112 g/mol. The van der Waals surface area contributed by atoms with Gasteiger partial charge < -0.3 is 4.74 Å². The fraction of sp³-hybridized carbons (Fsp3) is 0.714. The SMILES string of the molecule is CC=CCC1OC1C. The van der Waals surface area contributed by atoms with Gasteiger partial charge in [0, 0.05) is 0 Å². The Morgan fingerprint density at radius 1 is 1.62 bits per heavy atom.